The number of rotatable bonds is 4. The molecule has 0 atom stereocenters. The van der Waals surface area contributed by atoms with Gasteiger partial charge in [-0.25, -0.2) is 4.39 Å². The lowest BCUT2D eigenvalue weighted by Crippen LogP contribution is -2.13. The van der Waals surface area contributed by atoms with Crippen LogP contribution in [0.4, 0.5) is 4.39 Å². The summed E-state index contributed by atoms with van der Waals surface area (Å²) in [6.45, 7) is 1.19. The van der Waals surface area contributed by atoms with E-state index in [-0.39, 0.29) is 11.6 Å². The second-order valence-electron chi connectivity index (χ2n) is 4.01. The Labute approximate surface area is 114 Å². The van der Waals surface area contributed by atoms with Gasteiger partial charge in [0.25, 0.3) is 0 Å². The summed E-state index contributed by atoms with van der Waals surface area (Å²) in [7, 11) is 0. The predicted molar refractivity (Wildman–Crippen MR) is 72.8 cm³/mol. The van der Waals surface area contributed by atoms with Gasteiger partial charge >= 0.3 is 0 Å². The summed E-state index contributed by atoms with van der Waals surface area (Å²) in [5, 5.41) is 12.5. The maximum atomic E-state index is 13.1. The number of phenols is 1. The van der Waals surface area contributed by atoms with E-state index in [0.717, 1.165) is 15.6 Å². The van der Waals surface area contributed by atoms with E-state index in [1.165, 1.54) is 12.1 Å². The van der Waals surface area contributed by atoms with E-state index >= 15 is 0 Å². The summed E-state index contributed by atoms with van der Waals surface area (Å²) >= 11 is 3.38. The third-order valence-electron chi connectivity index (χ3n) is 2.56. The summed E-state index contributed by atoms with van der Waals surface area (Å²) in [6.07, 6.45) is 0. The van der Waals surface area contributed by atoms with E-state index in [1.807, 2.05) is 6.07 Å². The first-order valence-electron chi connectivity index (χ1n) is 5.58. The summed E-state index contributed by atoms with van der Waals surface area (Å²) in [4.78, 5) is 0. The summed E-state index contributed by atoms with van der Waals surface area (Å²) < 4.78 is 14.0. The molecule has 0 aliphatic heterocycles. The van der Waals surface area contributed by atoms with Gasteiger partial charge in [0.1, 0.15) is 11.6 Å². The number of hydrogen-bond acceptors (Lipinski definition) is 2. The Hall–Kier alpha value is -1.39. The van der Waals surface area contributed by atoms with Gasteiger partial charge in [0.15, 0.2) is 0 Å². The topological polar surface area (TPSA) is 32.3 Å². The smallest absolute Gasteiger partial charge is 0.123 e. The van der Waals surface area contributed by atoms with E-state index in [9.17, 15) is 9.50 Å². The minimum atomic E-state index is -0.243. The molecule has 0 radical (unpaired) electrons. The van der Waals surface area contributed by atoms with Crippen molar-refractivity contribution in [3.8, 4) is 5.75 Å². The molecule has 0 heterocycles. The second kappa shape index (κ2) is 5.98. The average molecular weight is 310 g/mol. The Bertz CT molecular complexity index is 545. The first kappa shape index (κ1) is 13.1. The lowest BCUT2D eigenvalue weighted by Gasteiger charge is -2.07. The molecule has 2 N–H and O–H groups in total. The Balaban J connectivity index is 1.94. The van der Waals surface area contributed by atoms with Crippen molar-refractivity contribution in [1.29, 1.82) is 0 Å². The van der Waals surface area contributed by atoms with Crippen molar-refractivity contribution in [3.05, 3.63) is 63.9 Å². The maximum Gasteiger partial charge on any atom is 0.123 e. The quantitative estimate of drug-likeness (QED) is 0.904. The molecule has 0 unspecified atom stereocenters. The van der Waals surface area contributed by atoms with Crippen molar-refractivity contribution in [2.45, 2.75) is 13.1 Å². The van der Waals surface area contributed by atoms with Gasteiger partial charge < -0.3 is 10.4 Å². The highest BCUT2D eigenvalue weighted by molar-refractivity contribution is 9.10. The summed E-state index contributed by atoms with van der Waals surface area (Å²) in [6, 6.07) is 11.7. The van der Waals surface area contributed by atoms with Crippen LogP contribution in [-0.4, -0.2) is 5.11 Å². The van der Waals surface area contributed by atoms with Crippen LogP contribution >= 0.6 is 15.9 Å². The van der Waals surface area contributed by atoms with Crippen molar-refractivity contribution in [2.24, 2.45) is 0 Å². The molecule has 2 nitrogen and oxygen atoms in total. The van der Waals surface area contributed by atoms with E-state index in [0.29, 0.717) is 13.1 Å². The van der Waals surface area contributed by atoms with Crippen LogP contribution in [0.3, 0.4) is 0 Å². The van der Waals surface area contributed by atoms with Gasteiger partial charge in [-0.1, -0.05) is 28.1 Å². The number of aromatic hydroxyl groups is 1. The normalized spacial score (nSPS) is 10.6. The largest absolute Gasteiger partial charge is 0.508 e. The number of halogens is 2. The molecule has 2 aromatic carbocycles. The molecule has 0 aromatic heterocycles. The zero-order valence-electron chi connectivity index (χ0n) is 9.66. The van der Waals surface area contributed by atoms with Crippen LogP contribution in [0, 0.1) is 5.82 Å². The van der Waals surface area contributed by atoms with E-state index in [4.69, 9.17) is 0 Å². The van der Waals surface area contributed by atoms with Crippen LogP contribution in [0.25, 0.3) is 0 Å². The monoisotopic (exact) mass is 309 g/mol. The molecule has 0 saturated heterocycles. The fraction of sp³-hybridized carbons (Fsp3) is 0.143. The van der Waals surface area contributed by atoms with Crippen molar-refractivity contribution >= 4 is 15.9 Å². The zero-order valence-corrected chi connectivity index (χ0v) is 11.2. The first-order chi connectivity index (χ1) is 8.65. The van der Waals surface area contributed by atoms with Crippen molar-refractivity contribution < 1.29 is 9.50 Å². The molecule has 18 heavy (non-hydrogen) atoms. The number of nitrogens with one attached hydrogen (secondary N) is 1. The van der Waals surface area contributed by atoms with Gasteiger partial charge in [-0.3, -0.25) is 0 Å². The van der Waals surface area contributed by atoms with Gasteiger partial charge in [-0.2, -0.15) is 0 Å². The molecule has 0 bridgehead atoms. The van der Waals surface area contributed by atoms with Crippen LogP contribution in [0.15, 0.2) is 46.9 Å². The van der Waals surface area contributed by atoms with Gasteiger partial charge in [-0.05, 0) is 41.5 Å². The van der Waals surface area contributed by atoms with Gasteiger partial charge in [-0.15, -0.1) is 0 Å². The van der Waals surface area contributed by atoms with E-state index in [2.05, 4.69) is 21.2 Å². The number of phenolic OH excluding ortho intramolecular Hbond substituents is 1. The molecule has 0 amide bonds. The van der Waals surface area contributed by atoms with Crippen molar-refractivity contribution in [1.82, 2.24) is 5.32 Å². The van der Waals surface area contributed by atoms with E-state index in [1.54, 1.807) is 24.3 Å². The minimum absolute atomic E-state index is 0.243. The molecule has 94 valence electrons. The fourth-order valence-corrected chi connectivity index (χ4v) is 2.07. The Morgan fingerprint density at radius 2 is 1.94 bits per heavy atom. The highest BCUT2D eigenvalue weighted by Gasteiger charge is 2.01. The van der Waals surface area contributed by atoms with Crippen LogP contribution in [0.2, 0.25) is 0 Å². The van der Waals surface area contributed by atoms with Gasteiger partial charge in [0, 0.05) is 17.6 Å². The van der Waals surface area contributed by atoms with Crippen LogP contribution in [0.1, 0.15) is 11.1 Å². The van der Waals surface area contributed by atoms with Crippen molar-refractivity contribution in [2.75, 3.05) is 0 Å². The second-order valence-corrected chi connectivity index (χ2v) is 4.86. The molecule has 0 aliphatic rings. The standard InChI is InChI=1S/C14H13BrFNO/c15-14-5-4-12(16)7-11(14)9-17-8-10-2-1-3-13(18)6-10/h1-7,17-18H,8-9H2. The number of hydrogen-bond donors (Lipinski definition) is 2. The summed E-state index contributed by atoms with van der Waals surface area (Å²) in [5.74, 6) is 0.00796. The first-order valence-corrected chi connectivity index (χ1v) is 6.37. The molecule has 0 saturated carbocycles. The Morgan fingerprint density at radius 1 is 1.11 bits per heavy atom. The summed E-state index contributed by atoms with van der Waals surface area (Å²) in [5.41, 5.74) is 1.86. The van der Waals surface area contributed by atoms with Crippen molar-refractivity contribution in [3.63, 3.8) is 0 Å². The molecular formula is C14H13BrFNO. The lowest BCUT2D eigenvalue weighted by atomic mass is 10.2. The third kappa shape index (κ3) is 3.55. The maximum absolute atomic E-state index is 13.1. The molecule has 4 heteroatoms. The average Bonchev–Trinajstić information content (AvgIpc) is 2.34. The highest BCUT2D eigenvalue weighted by atomic mass is 79.9. The highest BCUT2D eigenvalue weighted by Crippen LogP contribution is 2.18. The SMILES string of the molecule is Oc1cccc(CNCc2cc(F)ccc2Br)c1. The molecule has 0 aliphatic carbocycles. The van der Waals surface area contributed by atoms with Gasteiger partial charge in [0.2, 0.25) is 0 Å². The molecule has 0 spiro atoms. The van der Waals surface area contributed by atoms with E-state index < -0.39 is 0 Å². The molecule has 0 fully saturated rings. The molecular weight excluding hydrogens is 297 g/mol. The third-order valence-corrected chi connectivity index (χ3v) is 3.34. The number of benzene rings is 2. The molecule has 2 aromatic rings. The predicted octanol–water partition coefficient (Wildman–Crippen LogP) is 3.58. The molecule has 2 rings (SSSR count). The Morgan fingerprint density at radius 3 is 2.72 bits per heavy atom. The minimum Gasteiger partial charge on any atom is -0.508 e. The van der Waals surface area contributed by atoms with Gasteiger partial charge in [0.05, 0.1) is 0 Å². The Kier molecular flexibility index (Phi) is 4.33. The zero-order chi connectivity index (χ0) is 13.0. The lowest BCUT2D eigenvalue weighted by molar-refractivity contribution is 0.474. The van der Waals surface area contributed by atoms with Crippen LogP contribution in [-0.2, 0) is 13.1 Å². The fourth-order valence-electron chi connectivity index (χ4n) is 1.69. The van der Waals surface area contributed by atoms with Crippen LogP contribution < -0.4 is 5.32 Å². The van der Waals surface area contributed by atoms with Crippen LogP contribution in [0.5, 0.6) is 5.75 Å².